The van der Waals surface area contributed by atoms with Crippen molar-refractivity contribution in [3.8, 4) is 0 Å². The van der Waals surface area contributed by atoms with Crippen LogP contribution in [0, 0.1) is 0 Å². The molecular formula is C21H24ClNO2S. The summed E-state index contributed by atoms with van der Waals surface area (Å²) in [4.78, 5) is 13.7. The summed E-state index contributed by atoms with van der Waals surface area (Å²) in [7, 11) is 0. The van der Waals surface area contributed by atoms with Crippen LogP contribution in [0.1, 0.15) is 25.3 Å². The number of rotatable bonds is 6. The molecule has 2 aromatic carbocycles. The van der Waals surface area contributed by atoms with Crippen LogP contribution in [0.4, 0.5) is 0 Å². The van der Waals surface area contributed by atoms with Gasteiger partial charge < -0.3 is 10.1 Å². The summed E-state index contributed by atoms with van der Waals surface area (Å²) in [6.07, 6.45) is 1.85. The molecule has 3 nitrogen and oxygen atoms in total. The van der Waals surface area contributed by atoms with E-state index >= 15 is 0 Å². The number of amides is 1. The highest BCUT2D eigenvalue weighted by molar-refractivity contribution is 8.00. The van der Waals surface area contributed by atoms with Gasteiger partial charge in [0.05, 0.1) is 5.25 Å². The molecule has 5 heteroatoms. The lowest BCUT2D eigenvalue weighted by atomic mass is 9.74. The van der Waals surface area contributed by atoms with E-state index in [1.54, 1.807) is 11.8 Å². The number of hydrogen-bond donors (Lipinski definition) is 1. The summed E-state index contributed by atoms with van der Waals surface area (Å²) in [5.41, 5.74) is 1.24. The maximum atomic E-state index is 12.6. The number of halogens is 1. The van der Waals surface area contributed by atoms with E-state index in [0.717, 1.165) is 31.0 Å². The molecule has 3 rings (SSSR count). The van der Waals surface area contributed by atoms with Crippen LogP contribution in [0.5, 0.6) is 0 Å². The predicted molar refractivity (Wildman–Crippen MR) is 108 cm³/mol. The van der Waals surface area contributed by atoms with E-state index in [2.05, 4.69) is 29.6 Å². The Morgan fingerprint density at radius 2 is 1.81 bits per heavy atom. The van der Waals surface area contributed by atoms with E-state index in [9.17, 15) is 4.79 Å². The van der Waals surface area contributed by atoms with Gasteiger partial charge in [-0.2, -0.15) is 0 Å². The second-order valence-corrected chi connectivity index (χ2v) is 8.54. The third kappa shape index (κ3) is 4.81. The van der Waals surface area contributed by atoms with Crippen molar-refractivity contribution in [2.24, 2.45) is 0 Å². The quantitative estimate of drug-likeness (QED) is 0.728. The van der Waals surface area contributed by atoms with Crippen LogP contribution in [0.25, 0.3) is 0 Å². The molecule has 0 spiro atoms. The van der Waals surface area contributed by atoms with E-state index in [1.165, 1.54) is 5.56 Å². The molecule has 26 heavy (non-hydrogen) atoms. The fourth-order valence-corrected chi connectivity index (χ4v) is 4.31. The van der Waals surface area contributed by atoms with Gasteiger partial charge >= 0.3 is 0 Å². The maximum Gasteiger partial charge on any atom is 0.233 e. The fraction of sp³-hybridized carbons (Fsp3) is 0.381. The molecule has 1 heterocycles. The van der Waals surface area contributed by atoms with Crippen LogP contribution in [-0.2, 0) is 14.9 Å². The Hall–Kier alpha value is -1.49. The van der Waals surface area contributed by atoms with Crippen molar-refractivity contribution in [2.75, 3.05) is 19.8 Å². The molecule has 0 radical (unpaired) electrons. The smallest absolute Gasteiger partial charge is 0.233 e. The number of hydrogen-bond acceptors (Lipinski definition) is 3. The van der Waals surface area contributed by atoms with Gasteiger partial charge in [0.15, 0.2) is 0 Å². The van der Waals surface area contributed by atoms with E-state index in [1.807, 2.05) is 37.3 Å². The first-order valence-electron chi connectivity index (χ1n) is 8.92. The molecule has 0 aromatic heterocycles. The third-order valence-corrected chi connectivity index (χ3v) is 6.30. The van der Waals surface area contributed by atoms with Crippen molar-refractivity contribution in [3.05, 3.63) is 65.2 Å². The van der Waals surface area contributed by atoms with Gasteiger partial charge in [0.2, 0.25) is 5.91 Å². The van der Waals surface area contributed by atoms with Gasteiger partial charge in [-0.3, -0.25) is 4.79 Å². The minimum Gasteiger partial charge on any atom is -0.381 e. The molecule has 1 fully saturated rings. The Morgan fingerprint density at radius 1 is 1.15 bits per heavy atom. The Balaban J connectivity index is 1.63. The van der Waals surface area contributed by atoms with E-state index in [-0.39, 0.29) is 16.6 Å². The van der Waals surface area contributed by atoms with Crippen LogP contribution < -0.4 is 5.32 Å². The number of ether oxygens (including phenoxy) is 1. The van der Waals surface area contributed by atoms with E-state index in [0.29, 0.717) is 11.6 Å². The molecule has 0 saturated carbocycles. The van der Waals surface area contributed by atoms with E-state index in [4.69, 9.17) is 16.3 Å². The minimum atomic E-state index is -0.163. The summed E-state index contributed by atoms with van der Waals surface area (Å²) in [6.45, 7) is 4.05. The van der Waals surface area contributed by atoms with Gasteiger partial charge in [0.25, 0.3) is 0 Å². The largest absolute Gasteiger partial charge is 0.381 e. The first kappa shape index (κ1) is 19.3. The highest BCUT2D eigenvalue weighted by Gasteiger charge is 2.35. The number of carbonyl (C=O) groups is 1. The third-order valence-electron chi connectivity index (χ3n) is 4.93. The first-order valence-corrected chi connectivity index (χ1v) is 10.2. The summed E-state index contributed by atoms with van der Waals surface area (Å²) < 4.78 is 5.56. The summed E-state index contributed by atoms with van der Waals surface area (Å²) in [6, 6.07) is 18.1. The Morgan fingerprint density at radius 3 is 2.46 bits per heavy atom. The number of nitrogens with one attached hydrogen (secondary N) is 1. The lowest BCUT2D eigenvalue weighted by Gasteiger charge is -2.38. The van der Waals surface area contributed by atoms with Crippen molar-refractivity contribution in [3.63, 3.8) is 0 Å². The molecule has 1 aliphatic rings. The van der Waals surface area contributed by atoms with Gasteiger partial charge in [-0.15, -0.1) is 11.8 Å². The summed E-state index contributed by atoms with van der Waals surface area (Å²) >= 11 is 7.47. The maximum absolute atomic E-state index is 12.6. The highest BCUT2D eigenvalue weighted by atomic mass is 35.5. The molecule has 138 valence electrons. The zero-order chi connectivity index (χ0) is 18.4. The van der Waals surface area contributed by atoms with Gasteiger partial charge in [-0.05, 0) is 49.6 Å². The normalized spacial score (nSPS) is 17.5. The molecule has 1 amide bonds. The second-order valence-electron chi connectivity index (χ2n) is 6.69. The Kier molecular flexibility index (Phi) is 6.63. The SMILES string of the molecule is C[C@@H](Sc1ccc(Cl)cc1)C(=O)NCC1(c2ccccc2)CCOCC1. The highest BCUT2D eigenvalue weighted by Crippen LogP contribution is 2.34. The number of benzene rings is 2. The van der Waals surface area contributed by atoms with Gasteiger partial charge in [0, 0.05) is 35.1 Å². The average molecular weight is 390 g/mol. The standard InChI is InChI=1S/C21H24ClNO2S/c1-16(26-19-9-7-18(22)8-10-19)20(24)23-15-21(11-13-25-14-12-21)17-5-3-2-4-6-17/h2-10,16H,11-15H2,1H3,(H,23,24)/t16-/m1/s1. The molecule has 1 saturated heterocycles. The topological polar surface area (TPSA) is 38.3 Å². The first-order chi connectivity index (χ1) is 12.6. The van der Waals surface area contributed by atoms with Crippen molar-refractivity contribution in [2.45, 2.75) is 35.3 Å². The van der Waals surface area contributed by atoms with Crippen LogP contribution in [-0.4, -0.2) is 30.9 Å². The molecule has 2 aromatic rings. The minimum absolute atomic E-state index is 0.0418. The molecule has 1 aliphatic heterocycles. The second kappa shape index (κ2) is 8.94. The lowest BCUT2D eigenvalue weighted by Crippen LogP contribution is -2.46. The lowest BCUT2D eigenvalue weighted by molar-refractivity contribution is -0.120. The van der Waals surface area contributed by atoms with Crippen LogP contribution in [0.2, 0.25) is 5.02 Å². The van der Waals surface area contributed by atoms with Crippen molar-refractivity contribution >= 4 is 29.3 Å². The Bertz CT molecular complexity index is 715. The number of carbonyl (C=O) groups excluding carboxylic acids is 1. The van der Waals surface area contributed by atoms with Gasteiger partial charge in [-0.1, -0.05) is 41.9 Å². The molecule has 0 aliphatic carbocycles. The molecule has 0 bridgehead atoms. The zero-order valence-electron chi connectivity index (χ0n) is 14.9. The fourth-order valence-electron chi connectivity index (χ4n) is 3.29. The molecular weight excluding hydrogens is 366 g/mol. The molecule has 1 N–H and O–H groups in total. The van der Waals surface area contributed by atoms with Crippen molar-refractivity contribution in [1.29, 1.82) is 0 Å². The monoisotopic (exact) mass is 389 g/mol. The van der Waals surface area contributed by atoms with E-state index < -0.39 is 0 Å². The summed E-state index contributed by atoms with van der Waals surface area (Å²) in [5, 5.41) is 3.72. The van der Waals surface area contributed by atoms with Crippen LogP contribution >= 0.6 is 23.4 Å². The Labute approximate surface area is 164 Å². The van der Waals surface area contributed by atoms with Crippen LogP contribution in [0.3, 0.4) is 0 Å². The van der Waals surface area contributed by atoms with Gasteiger partial charge in [0.1, 0.15) is 0 Å². The molecule has 1 atom stereocenters. The van der Waals surface area contributed by atoms with Crippen molar-refractivity contribution < 1.29 is 9.53 Å². The molecule has 0 unspecified atom stereocenters. The number of thioether (sulfide) groups is 1. The van der Waals surface area contributed by atoms with Crippen LogP contribution in [0.15, 0.2) is 59.5 Å². The summed E-state index contributed by atoms with van der Waals surface area (Å²) in [5.74, 6) is 0.0618. The predicted octanol–water partition coefficient (Wildman–Crippen LogP) is 4.69. The average Bonchev–Trinajstić information content (AvgIpc) is 2.69. The van der Waals surface area contributed by atoms with Crippen molar-refractivity contribution in [1.82, 2.24) is 5.32 Å². The van der Waals surface area contributed by atoms with Gasteiger partial charge in [-0.25, -0.2) is 0 Å². The zero-order valence-corrected chi connectivity index (χ0v) is 16.5.